The zero-order valence-electron chi connectivity index (χ0n) is 13.7. The molecule has 0 radical (unpaired) electrons. The third-order valence-electron chi connectivity index (χ3n) is 5.45. The zero-order chi connectivity index (χ0) is 15.0. The summed E-state index contributed by atoms with van der Waals surface area (Å²) >= 11 is 0. The van der Waals surface area contributed by atoms with E-state index in [9.17, 15) is 0 Å². The third-order valence-corrected chi connectivity index (χ3v) is 5.45. The number of ether oxygens (including phenoxy) is 1. The molecule has 1 aromatic carbocycles. The maximum Gasteiger partial charge on any atom is 0.118 e. The lowest BCUT2D eigenvalue weighted by molar-refractivity contribution is 0.0516. The van der Waals surface area contributed by atoms with Crippen LogP contribution in [0.5, 0.6) is 5.75 Å². The van der Waals surface area contributed by atoms with E-state index >= 15 is 0 Å². The molecule has 1 saturated carbocycles. The van der Waals surface area contributed by atoms with Gasteiger partial charge in [0.2, 0.25) is 0 Å². The first kappa shape index (κ1) is 14.9. The van der Waals surface area contributed by atoms with Crippen molar-refractivity contribution in [2.24, 2.45) is 5.92 Å². The summed E-state index contributed by atoms with van der Waals surface area (Å²) < 4.78 is 5.26. The average molecular weight is 288 g/mol. The van der Waals surface area contributed by atoms with Crippen LogP contribution in [0.4, 0.5) is 0 Å². The zero-order valence-corrected chi connectivity index (χ0v) is 13.7. The molecule has 2 fully saturated rings. The summed E-state index contributed by atoms with van der Waals surface area (Å²) in [5, 5.41) is 3.80. The average Bonchev–Trinajstić information content (AvgIpc) is 3.34. The first-order valence-electron chi connectivity index (χ1n) is 8.18. The van der Waals surface area contributed by atoms with Gasteiger partial charge in [-0.2, -0.15) is 0 Å². The smallest absolute Gasteiger partial charge is 0.118 e. The van der Waals surface area contributed by atoms with Crippen LogP contribution in [0.1, 0.15) is 45.2 Å². The quantitative estimate of drug-likeness (QED) is 0.920. The lowest BCUT2D eigenvalue weighted by Crippen LogP contribution is -2.63. The first-order valence-corrected chi connectivity index (χ1v) is 8.18. The van der Waals surface area contributed by atoms with Crippen molar-refractivity contribution in [3.63, 3.8) is 0 Å². The summed E-state index contributed by atoms with van der Waals surface area (Å²) in [4.78, 5) is 2.66. The number of piperazine rings is 1. The highest BCUT2D eigenvalue weighted by Gasteiger charge is 2.46. The maximum atomic E-state index is 5.26. The van der Waals surface area contributed by atoms with Gasteiger partial charge in [0.25, 0.3) is 0 Å². The van der Waals surface area contributed by atoms with Gasteiger partial charge in [-0.1, -0.05) is 12.1 Å². The van der Waals surface area contributed by atoms with Crippen molar-refractivity contribution >= 4 is 0 Å². The van der Waals surface area contributed by atoms with Gasteiger partial charge in [-0.25, -0.2) is 0 Å². The van der Waals surface area contributed by atoms with E-state index in [1.807, 2.05) is 0 Å². The molecule has 1 heterocycles. The highest BCUT2D eigenvalue weighted by molar-refractivity contribution is 5.29. The number of methoxy groups -OCH3 is 1. The molecule has 0 spiro atoms. The van der Waals surface area contributed by atoms with Crippen LogP contribution in [0.3, 0.4) is 0 Å². The second-order valence-corrected chi connectivity index (χ2v) is 7.04. The fraction of sp³-hybridized carbons (Fsp3) is 0.667. The van der Waals surface area contributed by atoms with Crippen LogP contribution in [0.15, 0.2) is 24.3 Å². The van der Waals surface area contributed by atoms with Gasteiger partial charge in [-0.05, 0) is 57.2 Å². The minimum Gasteiger partial charge on any atom is -0.497 e. The summed E-state index contributed by atoms with van der Waals surface area (Å²) in [7, 11) is 1.72. The Kier molecular flexibility index (Phi) is 3.98. The van der Waals surface area contributed by atoms with Crippen LogP contribution in [-0.2, 0) is 0 Å². The second-order valence-electron chi connectivity index (χ2n) is 7.04. The van der Waals surface area contributed by atoms with Gasteiger partial charge in [0, 0.05) is 30.7 Å². The molecule has 3 unspecified atom stereocenters. The number of benzene rings is 1. The summed E-state index contributed by atoms with van der Waals surface area (Å²) in [6, 6.07) is 9.57. The Morgan fingerprint density at radius 1 is 1.29 bits per heavy atom. The predicted octanol–water partition coefficient (Wildman–Crippen LogP) is 3.22. The number of nitrogens with one attached hydrogen (secondary N) is 1. The molecule has 21 heavy (non-hydrogen) atoms. The Labute approximate surface area is 128 Å². The summed E-state index contributed by atoms with van der Waals surface area (Å²) in [6.45, 7) is 9.31. The molecule has 3 rings (SSSR count). The van der Waals surface area contributed by atoms with E-state index < -0.39 is 0 Å². The van der Waals surface area contributed by atoms with Gasteiger partial charge in [0.05, 0.1) is 7.11 Å². The van der Waals surface area contributed by atoms with Crippen molar-refractivity contribution in [3.8, 4) is 5.75 Å². The monoisotopic (exact) mass is 288 g/mol. The molecule has 3 atom stereocenters. The van der Waals surface area contributed by atoms with Crippen LogP contribution in [-0.4, -0.2) is 36.7 Å². The van der Waals surface area contributed by atoms with E-state index in [-0.39, 0.29) is 0 Å². The lowest BCUT2D eigenvalue weighted by atomic mass is 9.89. The normalized spacial score (nSPS) is 31.9. The number of rotatable bonds is 4. The fourth-order valence-corrected chi connectivity index (χ4v) is 3.68. The van der Waals surface area contributed by atoms with Gasteiger partial charge in [-0.3, -0.25) is 4.90 Å². The lowest BCUT2D eigenvalue weighted by Gasteiger charge is -2.48. The molecule has 1 saturated heterocycles. The molecular weight excluding hydrogens is 260 g/mol. The fourth-order valence-electron chi connectivity index (χ4n) is 3.68. The minimum atomic E-state index is 0.299. The maximum absolute atomic E-state index is 5.26. The van der Waals surface area contributed by atoms with E-state index in [0.29, 0.717) is 17.6 Å². The second kappa shape index (κ2) is 5.62. The third kappa shape index (κ3) is 2.95. The van der Waals surface area contributed by atoms with Crippen LogP contribution < -0.4 is 10.1 Å². The van der Waals surface area contributed by atoms with Gasteiger partial charge in [0.15, 0.2) is 0 Å². The molecule has 3 heteroatoms. The SMILES string of the molecule is COc1ccc(C(C)N2CC(C)(C3CC3)NCC2C)cc1. The minimum absolute atomic E-state index is 0.299. The highest BCUT2D eigenvalue weighted by atomic mass is 16.5. The molecule has 1 aliphatic heterocycles. The van der Waals surface area contributed by atoms with Crippen LogP contribution >= 0.6 is 0 Å². The first-order chi connectivity index (χ1) is 10.0. The Morgan fingerprint density at radius 3 is 2.52 bits per heavy atom. The predicted molar refractivity (Wildman–Crippen MR) is 86.7 cm³/mol. The molecular formula is C18H28N2O. The van der Waals surface area contributed by atoms with Crippen molar-refractivity contribution < 1.29 is 4.74 Å². The number of hydrogen-bond donors (Lipinski definition) is 1. The standard InChI is InChI=1S/C18H28N2O/c1-13-11-19-18(3,16-7-8-16)12-20(13)14(2)15-5-9-17(21-4)10-6-15/h5-6,9-10,13-14,16,19H,7-8,11-12H2,1-4H3. The van der Waals surface area contributed by atoms with E-state index in [1.54, 1.807) is 7.11 Å². The van der Waals surface area contributed by atoms with E-state index in [4.69, 9.17) is 4.74 Å². The van der Waals surface area contributed by atoms with Crippen molar-refractivity contribution in [3.05, 3.63) is 29.8 Å². The van der Waals surface area contributed by atoms with Crippen LogP contribution in [0.25, 0.3) is 0 Å². The van der Waals surface area contributed by atoms with Crippen LogP contribution in [0.2, 0.25) is 0 Å². The van der Waals surface area contributed by atoms with E-state index in [0.717, 1.165) is 24.8 Å². The Bertz CT molecular complexity index is 482. The van der Waals surface area contributed by atoms with Gasteiger partial charge < -0.3 is 10.1 Å². The van der Waals surface area contributed by atoms with E-state index in [1.165, 1.54) is 18.4 Å². The molecule has 2 aliphatic rings. The molecule has 0 bridgehead atoms. The molecule has 0 aromatic heterocycles. The largest absolute Gasteiger partial charge is 0.497 e. The Morgan fingerprint density at radius 2 is 1.95 bits per heavy atom. The van der Waals surface area contributed by atoms with Crippen molar-refractivity contribution in [1.82, 2.24) is 10.2 Å². The molecule has 1 N–H and O–H groups in total. The molecule has 0 amide bonds. The summed E-state index contributed by atoms with van der Waals surface area (Å²) in [5.41, 5.74) is 1.68. The molecule has 1 aromatic rings. The van der Waals surface area contributed by atoms with Crippen LogP contribution in [0, 0.1) is 5.92 Å². The van der Waals surface area contributed by atoms with Gasteiger partial charge in [0.1, 0.15) is 5.75 Å². The summed E-state index contributed by atoms with van der Waals surface area (Å²) in [5.74, 6) is 1.80. The Hall–Kier alpha value is -1.06. The van der Waals surface area contributed by atoms with E-state index in [2.05, 4.69) is 55.3 Å². The van der Waals surface area contributed by atoms with Gasteiger partial charge >= 0.3 is 0 Å². The Balaban J connectivity index is 1.76. The summed E-state index contributed by atoms with van der Waals surface area (Å²) in [6.07, 6.45) is 2.78. The van der Waals surface area contributed by atoms with Crippen molar-refractivity contribution in [2.45, 2.75) is 51.2 Å². The van der Waals surface area contributed by atoms with Gasteiger partial charge in [-0.15, -0.1) is 0 Å². The molecule has 116 valence electrons. The number of hydrogen-bond acceptors (Lipinski definition) is 3. The highest BCUT2D eigenvalue weighted by Crippen LogP contribution is 2.42. The molecule has 1 aliphatic carbocycles. The number of nitrogens with zero attached hydrogens (tertiary/aromatic N) is 1. The topological polar surface area (TPSA) is 24.5 Å². The van der Waals surface area contributed by atoms with Crippen molar-refractivity contribution in [2.75, 3.05) is 20.2 Å². The van der Waals surface area contributed by atoms with Crippen molar-refractivity contribution in [1.29, 1.82) is 0 Å². The molecule has 3 nitrogen and oxygen atoms in total.